The molecule has 0 unspecified atom stereocenters. The lowest BCUT2D eigenvalue weighted by atomic mass is 9.53. The lowest BCUT2D eigenvalue weighted by molar-refractivity contribution is -0.173. The second kappa shape index (κ2) is 4.65. The number of aliphatic hydroxyl groups is 1. The molecule has 0 amide bonds. The van der Waals surface area contributed by atoms with E-state index in [-0.39, 0.29) is 29.3 Å². The average Bonchev–Trinajstić information content (AvgIpc) is 3.15. The summed E-state index contributed by atoms with van der Waals surface area (Å²) in [5.74, 6) is -0.0695. The van der Waals surface area contributed by atoms with Gasteiger partial charge in [-0.15, -0.1) is 0 Å². The molecule has 1 saturated carbocycles. The molecule has 3 aliphatic rings. The van der Waals surface area contributed by atoms with Crippen molar-refractivity contribution in [1.29, 1.82) is 0 Å². The molecule has 0 radical (unpaired) electrons. The van der Waals surface area contributed by atoms with Crippen molar-refractivity contribution in [3.63, 3.8) is 0 Å². The molecule has 3 heterocycles. The highest BCUT2D eigenvalue weighted by atomic mass is 19.1. The van der Waals surface area contributed by atoms with Crippen LogP contribution in [0.2, 0.25) is 0 Å². The van der Waals surface area contributed by atoms with Crippen LogP contribution in [-0.2, 0) is 4.74 Å². The van der Waals surface area contributed by atoms with Gasteiger partial charge in [-0.25, -0.2) is 9.37 Å². The first-order valence-corrected chi connectivity index (χ1v) is 8.27. The molecule has 1 N–H and O–H groups in total. The van der Waals surface area contributed by atoms with Crippen LogP contribution in [0.25, 0.3) is 11.3 Å². The Balaban J connectivity index is 1.53. The fourth-order valence-electron chi connectivity index (χ4n) is 4.89. The molecule has 2 aliphatic heterocycles. The van der Waals surface area contributed by atoms with Crippen LogP contribution in [0.3, 0.4) is 0 Å². The Morgan fingerprint density at radius 1 is 1.30 bits per heavy atom. The van der Waals surface area contributed by atoms with Gasteiger partial charge in [0.25, 0.3) is 0 Å². The number of nitrogens with zero attached hydrogens (tertiary/aromatic N) is 2. The zero-order chi connectivity index (χ0) is 15.6. The predicted octanol–water partition coefficient (Wildman–Crippen LogP) is 2.77. The van der Waals surface area contributed by atoms with Crippen molar-refractivity contribution < 1.29 is 14.2 Å². The Morgan fingerprint density at radius 3 is 2.91 bits per heavy atom. The predicted molar refractivity (Wildman–Crippen MR) is 82.4 cm³/mol. The zero-order valence-electron chi connectivity index (χ0n) is 12.8. The third-order valence-electron chi connectivity index (χ3n) is 6.15. The number of imidazole rings is 1. The lowest BCUT2D eigenvalue weighted by Gasteiger charge is -2.56. The van der Waals surface area contributed by atoms with Gasteiger partial charge in [-0.1, -0.05) is 6.07 Å². The molecule has 2 fully saturated rings. The topological polar surface area (TPSA) is 47.3 Å². The van der Waals surface area contributed by atoms with Gasteiger partial charge in [0.1, 0.15) is 5.82 Å². The van der Waals surface area contributed by atoms with Crippen molar-refractivity contribution in [2.75, 3.05) is 13.2 Å². The maximum absolute atomic E-state index is 13.7. The Bertz CT molecular complexity index is 766. The first kappa shape index (κ1) is 13.7. The van der Waals surface area contributed by atoms with Crippen molar-refractivity contribution in [3.05, 3.63) is 42.1 Å². The highest BCUT2D eigenvalue weighted by Gasteiger charge is 2.57. The smallest absolute Gasteiger partial charge is 0.123 e. The number of fused-ring (bicyclic) bond motifs is 3. The van der Waals surface area contributed by atoms with E-state index in [2.05, 4.69) is 9.55 Å². The molecule has 5 heteroatoms. The van der Waals surface area contributed by atoms with Crippen LogP contribution < -0.4 is 0 Å². The highest BCUT2D eigenvalue weighted by Crippen LogP contribution is 2.59. The standard InChI is InChI=1S/C18H19FN2O2/c19-11-1-2-12-13(7-11)15-9-20-10-21(15)16(12)14-8-18(17(14)22)3-5-23-6-4-18/h1-2,7,9-10,14,16-17,22H,3-6,8H2/t14-,16+,17-/m1/s1. The third kappa shape index (κ3) is 1.75. The van der Waals surface area contributed by atoms with Crippen LogP contribution in [0, 0.1) is 17.2 Å². The van der Waals surface area contributed by atoms with E-state index in [9.17, 15) is 9.50 Å². The van der Waals surface area contributed by atoms with Crippen LogP contribution >= 0.6 is 0 Å². The van der Waals surface area contributed by atoms with E-state index in [4.69, 9.17) is 4.74 Å². The Labute approximate surface area is 133 Å². The molecular formula is C18H19FN2O2. The SMILES string of the molecule is O[C@@H]1[C@@H]([C@@H]2c3ccc(F)cc3-c3cncn32)CC12CCOCC2. The molecule has 1 aromatic heterocycles. The highest BCUT2D eigenvalue weighted by molar-refractivity contribution is 5.69. The fourth-order valence-corrected chi connectivity index (χ4v) is 4.89. The first-order chi connectivity index (χ1) is 11.2. The van der Waals surface area contributed by atoms with Crippen molar-refractivity contribution in [2.45, 2.75) is 31.4 Å². The van der Waals surface area contributed by atoms with Gasteiger partial charge in [-0.3, -0.25) is 0 Å². The molecule has 0 bridgehead atoms. The summed E-state index contributed by atoms with van der Waals surface area (Å²) >= 11 is 0. The maximum atomic E-state index is 13.7. The van der Waals surface area contributed by atoms with Crippen molar-refractivity contribution >= 4 is 0 Å². The minimum Gasteiger partial charge on any atom is -0.392 e. The van der Waals surface area contributed by atoms with E-state index in [0.717, 1.165) is 49.3 Å². The molecule has 5 rings (SSSR count). The largest absolute Gasteiger partial charge is 0.392 e. The number of aromatic nitrogens is 2. The molecule has 1 saturated heterocycles. The summed E-state index contributed by atoms with van der Waals surface area (Å²) in [6, 6.07) is 5.02. The number of halogens is 1. The van der Waals surface area contributed by atoms with Gasteiger partial charge >= 0.3 is 0 Å². The summed E-state index contributed by atoms with van der Waals surface area (Å²) in [4.78, 5) is 4.23. The van der Waals surface area contributed by atoms with Crippen molar-refractivity contribution in [1.82, 2.24) is 9.55 Å². The summed E-state index contributed by atoms with van der Waals surface area (Å²) in [7, 11) is 0. The molecule has 4 nitrogen and oxygen atoms in total. The van der Waals surface area contributed by atoms with Crippen LogP contribution in [0.5, 0.6) is 0 Å². The number of aliphatic hydroxyl groups excluding tert-OH is 1. The molecule has 23 heavy (non-hydrogen) atoms. The normalized spacial score (nSPS) is 30.8. The van der Waals surface area contributed by atoms with Crippen LogP contribution in [0.15, 0.2) is 30.7 Å². The fraction of sp³-hybridized carbons (Fsp3) is 0.500. The van der Waals surface area contributed by atoms with E-state index in [1.54, 1.807) is 18.6 Å². The molecule has 3 atom stereocenters. The number of rotatable bonds is 1. The number of hydrogen-bond acceptors (Lipinski definition) is 3. The van der Waals surface area contributed by atoms with Crippen molar-refractivity contribution in [2.24, 2.45) is 11.3 Å². The number of ether oxygens (including phenoxy) is 1. The molecule has 1 spiro atoms. The molecule has 1 aromatic carbocycles. The van der Waals surface area contributed by atoms with E-state index in [0.29, 0.717) is 0 Å². The van der Waals surface area contributed by atoms with E-state index < -0.39 is 0 Å². The maximum Gasteiger partial charge on any atom is 0.123 e. The van der Waals surface area contributed by atoms with E-state index in [1.165, 1.54) is 6.07 Å². The van der Waals surface area contributed by atoms with Crippen LogP contribution in [0.4, 0.5) is 4.39 Å². The molecule has 1 aliphatic carbocycles. The quantitative estimate of drug-likeness (QED) is 0.880. The van der Waals surface area contributed by atoms with Gasteiger partial charge in [-0.05, 0) is 37.0 Å². The minimum absolute atomic E-state index is 0.0203. The average molecular weight is 314 g/mol. The Morgan fingerprint density at radius 2 is 2.13 bits per heavy atom. The number of benzene rings is 1. The van der Waals surface area contributed by atoms with Crippen molar-refractivity contribution in [3.8, 4) is 11.3 Å². The third-order valence-corrected chi connectivity index (χ3v) is 6.15. The summed E-state index contributed by atoms with van der Waals surface area (Å²) in [5, 5.41) is 10.9. The van der Waals surface area contributed by atoms with Crippen LogP contribution in [-0.4, -0.2) is 34.0 Å². The monoisotopic (exact) mass is 314 g/mol. The second-order valence-corrected chi connectivity index (χ2v) is 7.15. The molecular weight excluding hydrogens is 295 g/mol. The molecule has 2 aromatic rings. The molecule has 120 valence electrons. The summed E-state index contributed by atoms with van der Waals surface area (Å²) < 4.78 is 21.2. The van der Waals surface area contributed by atoms with Crippen LogP contribution in [0.1, 0.15) is 30.9 Å². The first-order valence-electron chi connectivity index (χ1n) is 8.27. The zero-order valence-corrected chi connectivity index (χ0v) is 12.8. The lowest BCUT2D eigenvalue weighted by Crippen LogP contribution is -2.57. The number of hydrogen-bond donors (Lipinski definition) is 1. The second-order valence-electron chi connectivity index (χ2n) is 7.15. The van der Waals surface area contributed by atoms with Gasteiger partial charge in [0.2, 0.25) is 0 Å². The van der Waals surface area contributed by atoms with Gasteiger partial charge in [-0.2, -0.15) is 0 Å². The Hall–Kier alpha value is -1.72. The van der Waals surface area contributed by atoms with Gasteiger partial charge in [0.05, 0.1) is 30.4 Å². The van der Waals surface area contributed by atoms with Gasteiger partial charge < -0.3 is 14.4 Å². The minimum atomic E-state index is -0.331. The van der Waals surface area contributed by atoms with E-state index in [1.807, 2.05) is 6.07 Å². The van der Waals surface area contributed by atoms with Gasteiger partial charge in [0, 0.05) is 30.1 Å². The Kier molecular flexibility index (Phi) is 2.77. The summed E-state index contributed by atoms with van der Waals surface area (Å²) in [6.07, 6.45) is 6.13. The summed E-state index contributed by atoms with van der Waals surface area (Å²) in [6.45, 7) is 1.49. The van der Waals surface area contributed by atoms with E-state index >= 15 is 0 Å². The summed E-state index contributed by atoms with van der Waals surface area (Å²) in [5.41, 5.74) is 2.99. The van der Waals surface area contributed by atoms with Gasteiger partial charge in [0.15, 0.2) is 0 Å².